The topological polar surface area (TPSA) is 70.2 Å². The number of allylic oxidation sites excluding steroid dienone is 1. The molecule has 0 spiro atoms. The molecule has 0 unspecified atom stereocenters. The van der Waals surface area contributed by atoms with Crippen molar-refractivity contribution in [1.29, 1.82) is 0 Å². The number of anilines is 3. The van der Waals surface area contributed by atoms with Crippen LogP contribution in [0.25, 0.3) is 6.08 Å². The zero-order chi connectivity index (χ0) is 20.6. The largest absolute Gasteiger partial charge is 0.573 e. The van der Waals surface area contributed by atoms with Crippen LogP contribution < -0.4 is 15.0 Å². The van der Waals surface area contributed by atoms with Crippen molar-refractivity contribution < 1.29 is 22.7 Å². The minimum Gasteiger partial charge on any atom is -0.406 e. The van der Waals surface area contributed by atoms with Gasteiger partial charge in [0.05, 0.1) is 0 Å². The molecule has 0 aliphatic carbocycles. The molecule has 1 aliphatic heterocycles. The van der Waals surface area contributed by atoms with Crippen molar-refractivity contribution >= 4 is 40.0 Å². The summed E-state index contributed by atoms with van der Waals surface area (Å²) < 4.78 is 41.0. The summed E-state index contributed by atoms with van der Waals surface area (Å²) in [6.45, 7) is 3.97. The Balaban J connectivity index is 1.61. The molecule has 0 bridgehead atoms. The average molecular weight is 418 g/mol. The van der Waals surface area contributed by atoms with Crippen molar-refractivity contribution in [3.05, 3.63) is 71.5 Å². The molecular formula is C19H13F3N4O2S. The molecule has 1 aromatic carbocycles. The van der Waals surface area contributed by atoms with Crippen molar-refractivity contribution in [2.24, 2.45) is 0 Å². The number of H-pyrrole nitrogens is 1. The fourth-order valence-electron chi connectivity index (χ4n) is 2.84. The monoisotopic (exact) mass is 418 g/mol. The second-order valence-corrected chi connectivity index (χ2v) is 6.87. The van der Waals surface area contributed by atoms with E-state index in [1.54, 1.807) is 34.7 Å². The number of aromatic amines is 1. The van der Waals surface area contributed by atoms with Gasteiger partial charge >= 0.3 is 6.36 Å². The molecule has 0 saturated carbocycles. The highest BCUT2D eigenvalue weighted by molar-refractivity contribution is 7.13. The number of carbonyl (C=O) groups excluding carboxylic acids is 1. The van der Waals surface area contributed by atoms with Crippen molar-refractivity contribution in [3.8, 4) is 5.75 Å². The number of alkyl halides is 3. The van der Waals surface area contributed by atoms with Gasteiger partial charge in [-0.25, -0.2) is 4.98 Å². The van der Waals surface area contributed by atoms with E-state index in [9.17, 15) is 18.0 Å². The minimum atomic E-state index is -4.76. The number of nitrogens with one attached hydrogen (secondary N) is 2. The highest BCUT2D eigenvalue weighted by Crippen LogP contribution is 2.37. The smallest absolute Gasteiger partial charge is 0.406 e. The lowest BCUT2D eigenvalue weighted by Crippen LogP contribution is -2.19. The lowest BCUT2D eigenvalue weighted by Gasteiger charge is -2.27. The predicted octanol–water partition coefficient (Wildman–Crippen LogP) is 5.30. The van der Waals surface area contributed by atoms with Crippen LogP contribution in [0.4, 0.5) is 29.8 Å². The molecule has 29 heavy (non-hydrogen) atoms. The molecule has 2 N–H and O–H groups in total. The maximum Gasteiger partial charge on any atom is 0.573 e. The van der Waals surface area contributed by atoms with Crippen LogP contribution in [-0.2, 0) is 0 Å². The number of fused-ring (bicyclic) bond motifs is 1. The van der Waals surface area contributed by atoms with Crippen molar-refractivity contribution in [3.63, 3.8) is 0 Å². The van der Waals surface area contributed by atoms with Gasteiger partial charge in [-0.05, 0) is 42.5 Å². The van der Waals surface area contributed by atoms with E-state index in [4.69, 9.17) is 0 Å². The average Bonchev–Trinajstić information content (AvgIpc) is 3.31. The maximum absolute atomic E-state index is 12.5. The number of nitrogens with zero attached hydrogens (tertiary/aromatic N) is 2. The first-order chi connectivity index (χ1) is 13.8. The lowest BCUT2D eigenvalue weighted by atomic mass is 10.1. The van der Waals surface area contributed by atoms with Gasteiger partial charge < -0.3 is 9.72 Å². The Morgan fingerprint density at radius 1 is 1.24 bits per heavy atom. The number of hydrogen-bond acceptors (Lipinski definition) is 5. The van der Waals surface area contributed by atoms with Crippen LogP contribution in [-0.4, -0.2) is 22.2 Å². The van der Waals surface area contributed by atoms with Gasteiger partial charge in [0.1, 0.15) is 17.3 Å². The number of aromatic nitrogens is 2. The summed E-state index contributed by atoms with van der Waals surface area (Å²) in [5.41, 5.74) is 2.18. The van der Waals surface area contributed by atoms with E-state index in [-0.39, 0.29) is 11.7 Å². The zero-order valence-corrected chi connectivity index (χ0v) is 15.5. The summed E-state index contributed by atoms with van der Waals surface area (Å²) in [5, 5.41) is 4.91. The number of ether oxygens (including phenoxy) is 1. The van der Waals surface area contributed by atoms with Crippen LogP contribution in [0, 0.1) is 0 Å². The number of benzene rings is 1. The SMILES string of the molecule is C=C1C=Cc2cc(C(=O)Nc3nccs3)[nH]c2N1c1ccc(OC(F)(F)F)cc1. The molecule has 3 aromatic rings. The van der Waals surface area contributed by atoms with Crippen molar-refractivity contribution in [1.82, 2.24) is 9.97 Å². The van der Waals surface area contributed by atoms with E-state index in [1.807, 2.05) is 0 Å². The van der Waals surface area contributed by atoms with Crippen LogP contribution in [0.15, 0.2) is 60.3 Å². The molecule has 1 amide bonds. The quantitative estimate of drug-likeness (QED) is 0.603. The zero-order valence-electron chi connectivity index (χ0n) is 14.7. The Kier molecular flexibility index (Phi) is 4.63. The van der Waals surface area contributed by atoms with Gasteiger partial charge in [-0.3, -0.25) is 15.0 Å². The predicted molar refractivity (Wildman–Crippen MR) is 104 cm³/mol. The first kappa shape index (κ1) is 18.8. The first-order valence-electron chi connectivity index (χ1n) is 8.27. The summed E-state index contributed by atoms with van der Waals surface area (Å²) in [7, 11) is 0. The highest BCUT2D eigenvalue weighted by atomic mass is 32.1. The summed E-state index contributed by atoms with van der Waals surface area (Å²) in [6.07, 6.45) is 0.372. The van der Waals surface area contributed by atoms with Crippen LogP contribution in [0.1, 0.15) is 16.1 Å². The molecule has 6 nitrogen and oxygen atoms in total. The van der Waals surface area contributed by atoms with Crippen molar-refractivity contribution in [2.45, 2.75) is 6.36 Å². The first-order valence-corrected chi connectivity index (χ1v) is 9.15. The van der Waals surface area contributed by atoms with Gasteiger partial charge in [0, 0.05) is 28.5 Å². The van der Waals surface area contributed by atoms with Gasteiger partial charge in [0.15, 0.2) is 5.13 Å². The number of hydrogen-bond donors (Lipinski definition) is 2. The van der Waals surface area contributed by atoms with Gasteiger partial charge in [0.2, 0.25) is 0 Å². The van der Waals surface area contributed by atoms with E-state index < -0.39 is 6.36 Å². The Labute approximate surface area is 167 Å². The van der Waals surface area contributed by atoms with Crippen LogP contribution in [0.3, 0.4) is 0 Å². The molecule has 2 aromatic heterocycles. The molecule has 4 rings (SSSR count). The fraction of sp³-hybridized carbons (Fsp3) is 0.0526. The van der Waals surface area contributed by atoms with E-state index in [1.165, 1.54) is 35.6 Å². The lowest BCUT2D eigenvalue weighted by molar-refractivity contribution is -0.274. The summed E-state index contributed by atoms with van der Waals surface area (Å²) in [5.74, 6) is -0.108. The molecule has 148 valence electrons. The standard InChI is InChI=1S/C19H13F3N4O2S/c1-11-2-3-12-10-15(17(27)25-18-23-8-9-29-18)24-16(12)26(11)13-4-6-14(7-5-13)28-19(20,21)22/h2-10,24H,1H2,(H,23,25,27). The third kappa shape index (κ3) is 4.02. The van der Waals surface area contributed by atoms with Crippen LogP contribution >= 0.6 is 11.3 Å². The normalized spacial score (nSPS) is 13.3. The molecule has 0 fully saturated rings. The molecule has 3 heterocycles. The van der Waals surface area contributed by atoms with E-state index >= 15 is 0 Å². The Bertz CT molecular complexity index is 1090. The molecule has 0 radical (unpaired) electrons. The second-order valence-electron chi connectivity index (χ2n) is 5.98. The Morgan fingerprint density at radius 3 is 2.66 bits per heavy atom. The molecule has 10 heteroatoms. The van der Waals surface area contributed by atoms with Crippen LogP contribution in [0.2, 0.25) is 0 Å². The van der Waals surface area contributed by atoms with E-state index in [0.717, 1.165) is 5.56 Å². The molecular weight excluding hydrogens is 405 g/mol. The maximum atomic E-state index is 12.5. The second kappa shape index (κ2) is 7.13. The summed E-state index contributed by atoms with van der Waals surface area (Å²) in [6, 6.07) is 7.06. The summed E-state index contributed by atoms with van der Waals surface area (Å²) >= 11 is 1.30. The number of halogens is 3. The number of carbonyl (C=O) groups is 1. The van der Waals surface area contributed by atoms with Crippen molar-refractivity contribution in [2.75, 3.05) is 10.2 Å². The highest BCUT2D eigenvalue weighted by Gasteiger charge is 2.31. The van der Waals surface area contributed by atoms with Crippen LogP contribution in [0.5, 0.6) is 5.75 Å². The molecule has 0 saturated heterocycles. The third-order valence-corrected chi connectivity index (χ3v) is 4.71. The Hall–Kier alpha value is -3.53. The number of thiazole rings is 1. The van der Waals surface area contributed by atoms with E-state index in [2.05, 4.69) is 26.6 Å². The van der Waals surface area contributed by atoms with Gasteiger partial charge in [-0.15, -0.1) is 24.5 Å². The number of rotatable bonds is 4. The van der Waals surface area contributed by atoms with Gasteiger partial charge in [-0.2, -0.15) is 0 Å². The number of amides is 1. The molecule has 1 aliphatic rings. The Morgan fingerprint density at radius 2 is 2.00 bits per heavy atom. The van der Waals surface area contributed by atoms with Gasteiger partial charge in [0.25, 0.3) is 5.91 Å². The third-order valence-electron chi connectivity index (χ3n) is 4.02. The van der Waals surface area contributed by atoms with E-state index in [0.29, 0.717) is 28.0 Å². The van der Waals surface area contributed by atoms with Gasteiger partial charge in [-0.1, -0.05) is 6.58 Å². The summed E-state index contributed by atoms with van der Waals surface area (Å²) in [4.78, 5) is 21.2. The fourth-order valence-corrected chi connectivity index (χ4v) is 3.36. The minimum absolute atomic E-state index is 0.312. The molecule has 0 atom stereocenters.